The maximum Gasteiger partial charge on any atom is 0.228 e. The second kappa shape index (κ2) is 8.97. The highest BCUT2D eigenvalue weighted by Crippen LogP contribution is 2.27. The topological polar surface area (TPSA) is 62.7 Å². The summed E-state index contributed by atoms with van der Waals surface area (Å²) in [5.74, 6) is -0.452. The minimum atomic E-state index is -0.369. The number of amides is 2. The average Bonchev–Trinajstić information content (AvgIpc) is 3.07. The van der Waals surface area contributed by atoms with Gasteiger partial charge in [0.1, 0.15) is 0 Å². The van der Waals surface area contributed by atoms with Crippen LogP contribution in [-0.4, -0.2) is 48.5 Å². The van der Waals surface area contributed by atoms with Gasteiger partial charge < -0.3 is 14.5 Å². The van der Waals surface area contributed by atoms with Gasteiger partial charge in [-0.05, 0) is 42.0 Å². The van der Waals surface area contributed by atoms with E-state index in [0.29, 0.717) is 31.3 Å². The molecule has 1 saturated heterocycles. The summed E-state index contributed by atoms with van der Waals surface area (Å²) in [6.45, 7) is 1.76. The number of rotatable bonds is 7. The van der Waals surface area contributed by atoms with E-state index in [1.54, 1.807) is 53.6 Å². The molecule has 2 amide bonds. The molecule has 142 valence electrons. The molecule has 6 nitrogen and oxygen atoms in total. The van der Waals surface area contributed by atoms with Gasteiger partial charge in [0.2, 0.25) is 11.8 Å². The SMILES string of the molecule is COCCN(Cc1ccncc1)C(=O)C1CC(=O)N(c2ccc(Cl)cc2)C1. The zero-order valence-corrected chi connectivity index (χ0v) is 15.9. The number of anilines is 1. The molecule has 0 bridgehead atoms. The van der Waals surface area contributed by atoms with Crippen LogP contribution in [-0.2, 0) is 20.9 Å². The number of carbonyl (C=O) groups is 2. The summed E-state index contributed by atoms with van der Waals surface area (Å²) in [6, 6.07) is 10.8. The van der Waals surface area contributed by atoms with Gasteiger partial charge in [-0.1, -0.05) is 11.6 Å². The number of halogens is 1. The Morgan fingerprint density at radius 1 is 1.26 bits per heavy atom. The lowest BCUT2D eigenvalue weighted by Crippen LogP contribution is -2.39. The van der Waals surface area contributed by atoms with E-state index in [9.17, 15) is 9.59 Å². The zero-order valence-electron chi connectivity index (χ0n) is 15.2. The lowest BCUT2D eigenvalue weighted by atomic mass is 10.1. The minimum Gasteiger partial charge on any atom is -0.383 e. The third-order valence-electron chi connectivity index (χ3n) is 4.61. The van der Waals surface area contributed by atoms with Crippen LogP contribution in [0.4, 0.5) is 5.69 Å². The molecule has 27 heavy (non-hydrogen) atoms. The molecule has 1 unspecified atom stereocenters. The zero-order chi connectivity index (χ0) is 19.2. The molecule has 3 rings (SSSR count). The molecule has 0 radical (unpaired) electrons. The first kappa shape index (κ1) is 19.3. The lowest BCUT2D eigenvalue weighted by molar-refractivity contribution is -0.137. The van der Waals surface area contributed by atoms with Crippen molar-refractivity contribution in [3.05, 3.63) is 59.4 Å². The van der Waals surface area contributed by atoms with E-state index < -0.39 is 0 Å². The predicted octanol–water partition coefficient (Wildman–Crippen LogP) is 2.76. The largest absolute Gasteiger partial charge is 0.383 e. The Morgan fingerprint density at radius 3 is 2.63 bits per heavy atom. The van der Waals surface area contributed by atoms with E-state index in [4.69, 9.17) is 16.3 Å². The summed E-state index contributed by atoms with van der Waals surface area (Å²) in [4.78, 5) is 33.0. The second-order valence-corrected chi connectivity index (χ2v) is 6.93. The molecule has 7 heteroatoms. The number of hydrogen-bond donors (Lipinski definition) is 0. The van der Waals surface area contributed by atoms with Gasteiger partial charge in [-0.3, -0.25) is 14.6 Å². The van der Waals surface area contributed by atoms with Crippen LogP contribution in [0.25, 0.3) is 0 Å². The van der Waals surface area contributed by atoms with E-state index in [1.807, 2.05) is 12.1 Å². The Hall–Kier alpha value is -2.44. The molecule has 0 N–H and O–H groups in total. The monoisotopic (exact) mass is 387 g/mol. The van der Waals surface area contributed by atoms with Gasteiger partial charge in [0.25, 0.3) is 0 Å². The Kier molecular flexibility index (Phi) is 6.42. The Bertz CT molecular complexity index is 783. The van der Waals surface area contributed by atoms with Gasteiger partial charge in [0.05, 0.1) is 12.5 Å². The highest BCUT2D eigenvalue weighted by Gasteiger charge is 2.37. The van der Waals surface area contributed by atoms with Crippen LogP contribution in [0.1, 0.15) is 12.0 Å². The van der Waals surface area contributed by atoms with Crippen molar-refractivity contribution >= 4 is 29.1 Å². The van der Waals surface area contributed by atoms with Crippen molar-refractivity contribution < 1.29 is 14.3 Å². The van der Waals surface area contributed by atoms with Crippen molar-refractivity contribution in [2.24, 2.45) is 5.92 Å². The molecule has 1 atom stereocenters. The van der Waals surface area contributed by atoms with Crippen molar-refractivity contribution in [3.8, 4) is 0 Å². The predicted molar refractivity (Wildman–Crippen MR) is 103 cm³/mol. The van der Waals surface area contributed by atoms with E-state index in [0.717, 1.165) is 11.3 Å². The van der Waals surface area contributed by atoms with Crippen molar-refractivity contribution in [3.63, 3.8) is 0 Å². The smallest absolute Gasteiger partial charge is 0.228 e. The molecule has 1 aliphatic rings. The Balaban J connectivity index is 1.71. The fourth-order valence-electron chi connectivity index (χ4n) is 3.18. The van der Waals surface area contributed by atoms with Crippen molar-refractivity contribution in [2.45, 2.75) is 13.0 Å². The van der Waals surface area contributed by atoms with E-state index in [1.165, 1.54) is 0 Å². The number of methoxy groups -OCH3 is 1. The molecule has 2 heterocycles. The fraction of sp³-hybridized carbons (Fsp3) is 0.350. The fourth-order valence-corrected chi connectivity index (χ4v) is 3.30. The van der Waals surface area contributed by atoms with Crippen LogP contribution in [0.15, 0.2) is 48.8 Å². The van der Waals surface area contributed by atoms with Crippen molar-refractivity contribution in [2.75, 3.05) is 31.7 Å². The third kappa shape index (κ3) is 4.84. The number of hydrogen-bond acceptors (Lipinski definition) is 4. The van der Waals surface area contributed by atoms with Gasteiger partial charge in [0.15, 0.2) is 0 Å². The van der Waals surface area contributed by atoms with Crippen molar-refractivity contribution in [1.82, 2.24) is 9.88 Å². The van der Waals surface area contributed by atoms with Crippen LogP contribution in [0.3, 0.4) is 0 Å². The quantitative estimate of drug-likeness (QED) is 0.732. The molecule has 1 aromatic carbocycles. The number of aromatic nitrogens is 1. The van der Waals surface area contributed by atoms with E-state index >= 15 is 0 Å². The first-order valence-electron chi connectivity index (χ1n) is 8.81. The van der Waals surface area contributed by atoms with Crippen LogP contribution in [0.5, 0.6) is 0 Å². The van der Waals surface area contributed by atoms with Crippen molar-refractivity contribution in [1.29, 1.82) is 0 Å². The molecule has 0 spiro atoms. The standard InChI is InChI=1S/C20H22ClN3O3/c1-27-11-10-23(13-15-6-8-22-9-7-15)20(26)16-12-19(25)24(14-16)18-4-2-17(21)3-5-18/h2-9,16H,10-14H2,1H3. The highest BCUT2D eigenvalue weighted by atomic mass is 35.5. The maximum absolute atomic E-state index is 13.1. The molecule has 0 aliphatic carbocycles. The summed E-state index contributed by atoms with van der Waals surface area (Å²) in [6.07, 6.45) is 3.62. The normalized spacial score (nSPS) is 16.6. The summed E-state index contributed by atoms with van der Waals surface area (Å²) in [7, 11) is 1.61. The van der Waals surface area contributed by atoms with Gasteiger partial charge in [-0.25, -0.2) is 0 Å². The first-order chi connectivity index (χ1) is 13.1. The summed E-state index contributed by atoms with van der Waals surface area (Å²) in [5.41, 5.74) is 1.76. The summed E-state index contributed by atoms with van der Waals surface area (Å²) >= 11 is 5.92. The number of benzene rings is 1. The molecular formula is C20H22ClN3O3. The van der Waals surface area contributed by atoms with Crippen LogP contribution in [0.2, 0.25) is 5.02 Å². The maximum atomic E-state index is 13.1. The number of ether oxygens (including phenoxy) is 1. The molecule has 1 aliphatic heterocycles. The van der Waals surface area contributed by atoms with E-state index in [2.05, 4.69) is 4.98 Å². The van der Waals surface area contributed by atoms with E-state index in [-0.39, 0.29) is 24.2 Å². The third-order valence-corrected chi connectivity index (χ3v) is 4.86. The molecule has 1 fully saturated rings. The average molecular weight is 388 g/mol. The van der Waals surface area contributed by atoms with Crippen LogP contribution < -0.4 is 4.90 Å². The molecule has 0 saturated carbocycles. The molecule has 1 aromatic heterocycles. The van der Waals surface area contributed by atoms with Gasteiger partial charge >= 0.3 is 0 Å². The first-order valence-corrected chi connectivity index (χ1v) is 9.19. The van der Waals surface area contributed by atoms with Crippen LogP contribution >= 0.6 is 11.6 Å². The minimum absolute atomic E-state index is 0.0336. The van der Waals surface area contributed by atoms with Gasteiger partial charge in [0, 0.05) is 56.3 Å². The van der Waals surface area contributed by atoms with Gasteiger partial charge in [-0.2, -0.15) is 0 Å². The van der Waals surface area contributed by atoms with Crippen LogP contribution in [0, 0.1) is 5.92 Å². The Morgan fingerprint density at radius 2 is 1.96 bits per heavy atom. The molecular weight excluding hydrogens is 366 g/mol. The Labute approximate surface area is 163 Å². The number of carbonyl (C=O) groups excluding carboxylic acids is 2. The number of pyridine rings is 1. The summed E-state index contributed by atoms with van der Waals surface area (Å²) in [5, 5.41) is 0.612. The lowest BCUT2D eigenvalue weighted by Gasteiger charge is -2.25. The molecule has 2 aromatic rings. The second-order valence-electron chi connectivity index (χ2n) is 6.49. The number of nitrogens with zero attached hydrogens (tertiary/aromatic N) is 3. The van der Waals surface area contributed by atoms with Gasteiger partial charge in [-0.15, -0.1) is 0 Å². The highest BCUT2D eigenvalue weighted by molar-refractivity contribution is 6.30. The summed E-state index contributed by atoms with van der Waals surface area (Å²) < 4.78 is 5.15.